The molecule has 4 heteroatoms. The lowest BCUT2D eigenvalue weighted by atomic mass is 9.71. The van der Waals surface area contributed by atoms with Crippen molar-refractivity contribution in [3.05, 3.63) is 29.8 Å². The second-order valence-electron chi connectivity index (χ2n) is 6.09. The smallest absolute Gasteiger partial charge is 0.253 e. The fraction of sp³-hybridized carbons (Fsp3) is 0.562. The van der Waals surface area contributed by atoms with Crippen LogP contribution in [0.2, 0.25) is 0 Å². The average molecular weight is 274 g/mol. The Bertz CT molecular complexity index is 468. The molecule has 0 unspecified atom stereocenters. The highest BCUT2D eigenvalue weighted by molar-refractivity contribution is 5.94. The molecule has 2 saturated heterocycles. The number of nitrogens with zero attached hydrogens (tertiary/aromatic N) is 1. The lowest BCUT2D eigenvalue weighted by molar-refractivity contribution is 0.0496. The van der Waals surface area contributed by atoms with Crippen molar-refractivity contribution in [2.24, 2.45) is 5.41 Å². The van der Waals surface area contributed by atoms with E-state index in [4.69, 9.17) is 0 Å². The number of carbonyl (C=O) groups excluding carboxylic acids is 1. The predicted molar refractivity (Wildman–Crippen MR) is 77.8 cm³/mol. The molecular weight excluding hydrogens is 252 g/mol. The van der Waals surface area contributed by atoms with Gasteiger partial charge in [-0.05, 0) is 68.5 Å². The molecule has 0 aliphatic carbocycles. The summed E-state index contributed by atoms with van der Waals surface area (Å²) in [5, 5.41) is 12.7. The molecule has 0 radical (unpaired) electrons. The van der Waals surface area contributed by atoms with Gasteiger partial charge in [0.1, 0.15) is 5.75 Å². The van der Waals surface area contributed by atoms with Crippen molar-refractivity contribution >= 4 is 5.91 Å². The minimum absolute atomic E-state index is 0.0915. The molecule has 0 bridgehead atoms. The van der Waals surface area contributed by atoms with E-state index in [1.807, 2.05) is 4.90 Å². The van der Waals surface area contributed by atoms with Crippen molar-refractivity contribution in [1.29, 1.82) is 0 Å². The third-order valence-corrected chi connectivity index (χ3v) is 4.89. The van der Waals surface area contributed by atoms with Gasteiger partial charge in [0.2, 0.25) is 0 Å². The largest absolute Gasteiger partial charge is 0.508 e. The zero-order chi connectivity index (χ0) is 14.0. The van der Waals surface area contributed by atoms with E-state index >= 15 is 0 Å². The van der Waals surface area contributed by atoms with Crippen LogP contribution in [-0.2, 0) is 0 Å². The first-order valence-corrected chi connectivity index (χ1v) is 7.48. The van der Waals surface area contributed by atoms with E-state index in [2.05, 4.69) is 5.32 Å². The number of piperidine rings is 2. The van der Waals surface area contributed by atoms with E-state index in [1.165, 1.54) is 12.8 Å². The first-order chi connectivity index (χ1) is 9.69. The zero-order valence-corrected chi connectivity index (χ0v) is 11.8. The highest BCUT2D eigenvalue weighted by atomic mass is 16.3. The molecule has 0 saturated carbocycles. The van der Waals surface area contributed by atoms with Crippen LogP contribution in [0.25, 0.3) is 0 Å². The third kappa shape index (κ3) is 2.66. The van der Waals surface area contributed by atoms with Crippen LogP contribution in [0.3, 0.4) is 0 Å². The van der Waals surface area contributed by atoms with Crippen LogP contribution in [0.1, 0.15) is 36.0 Å². The van der Waals surface area contributed by atoms with Crippen LogP contribution in [0.4, 0.5) is 0 Å². The van der Waals surface area contributed by atoms with E-state index in [0.29, 0.717) is 11.0 Å². The highest BCUT2D eigenvalue weighted by Crippen LogP contribution is 2.39. The predicted octanol–water partition coefficient (Wildman–Crippen LogP) is 2.00. The fourth-order valence-corrected chi connectivity index (χ4v) is 3.43. The third-order valence-electron chi connectivity index (χ3n) is 4.89. The Labute approximate surface area is 119 Å². The van der Waals surface area contributed by atoms with Crippen LogP contribution in [0.5, 0.6) is 5.75 Å². The molecule has 4 nitrogen and oxygen atoms in total. The summed E-state index contributed by atoms with van der Waals surface area (Å²) in [5.74, 6) is 0.294. The Balaban J connectivity index is 1.62. The van der Waals surface area contributed by atoms with Crippen molar-refractivity contribution in [3.8, 4) is 5.75 Å². The number of aromatic hydroxyl groups is 1. The van der Waals surface area contributed by atoms with Crippen molar-refractivity contribution in [1.82, 2.24) is 10.2 Å². The SMILES string of the molecule is O=C(c1ccc(O)cc1)N1CCC2(CCNCC2)CC1. The minimum atomic E-state index is 0.0915. The lowest BCUT2D eigenvalue weighted by Crippen LogP contribution is -2.47. The summed E-state index contributed by atoms with van der Waals surface area (Å²) in [4.78, 5) is 14.4. The number of hydrogen-bond donors (Lipinski definition) is 2. The molecule has 2 N–H and O–H groups in total. The first kappa shape index (κ1) is 13.4. The molecule has 1 aromatic carbocycles. The number of rotatable bonds is 1. The molecule has 1 aromatic rings. The van der Waals surface area contributed by atoms with Gasteiger partial charge in [-0.25, -0.2) is 0 Å². The minimum Gasteiger partial charge on any atom is -0.508 e. The first-order valence-electron chi connectivity index (χ1n) is 7.48. The quantitative estimate of drug-likeness (QED) is 0.823. The van der Waals surface area contributed by atoms with Crippen molar-refractivity contribution in [3.63, 3.8) is 0 Å². The van der Waals surface area contributed by atoms with E-state index in [1.54, 1.807) is 24.3 Å². The highest BCUT2D eigenvalue weighted by Gasteiger charge is 2.36. The zero-order valence-electron chi connectivity index (χ0n) is 11.8. The van der Waals surface area contributed by atoms with Gasteiger partial charge in [0, 0.05) is 18.7 Å². The summed E-state index contributed by atoms with van der Waals surface area (Å²) in [6.45, 7) is 3.96. The number of phenols is 1. The maximum atomic E-state index is 12.4. The van der Waals surface area contributed by atoms with Crippen molar-refractivity contribution in [2.45, 2.75) is 25.7 Å². The molecule has 2 aliphatic heterocycles. The number of nitrogens with one attached hydrogen (secondary N) is 1. The van der Waals surface area contributed by atoms with Gasteiger partial charge < -0.3 is 15.3 Å². The summed E-state index contributed by atoms with van der Waals surface area (Å²) in [7, 11) is 0. The van der Waals surface area contributed by atoms with Gasteiger partial charge in [0.25, 0.3) is 5.91 Å². The number of likely N-dealkylation sites (tertiary alicyclic amines) is 1. The molecule has 1 amide bonds. The standard InChI is InChI=1S/C16H22N2O2/c19-14-3-1-13(2-4-14)15(20)18-11-7-16(8-12-18)5-9-17-10-6-16/h1-4,17,19H,5-12H2. The van der Waals surface area contributed by atoms with Gasteiger partial charge in [-0.1, -0.05) is 0 Å². The van der Waals surface area contributed by atoms with Gasteiger partial charge in [-0.2, -0.15) is 0 Å². The van der Waals surface area contributed by atoms with Gasteiger partial charge in [0.05, 0.1) is 0 Å². The maximum Gasteiger partial charge on any atom is 0.253 e. The molecule has 108 valence electrons. The molecule has 20 heavy (non-hydrogen) atoms. The van der Waals surface area contributed by atoms with Crippen molar-refractivity contribution < 1.29 is 9.90 Å². The Morgan fingerprint density at radius 2 is 1.65 bits per heavy atom. The number of carbonyl (C=O) groups is 1. The molecule has 2 heterocycles. The van der Waals surface area contributed by atoms with E-state index in [-0.39, 0.29) is 11.7 Å². The molecular formula is C16H22N2O2. The normalized spacial score (nSPS) is 21.9. The van der Waals surface area contributed by atoms with Gasteiger partial charge in [-0.15, -0.1) is 0 Å². The van der Waals surface area contributed by atoms with Crippen LogP contribution in [0, 0.1) is 5.41 Å². The summed E-state index contributed by atoms with van der Waals surface area (Å²) in [6, 6.07) is 6.55. The fourth-order valence-electron chi connectivity index (χ4n) is 3.43. The second-order valence-corrected chi connectivity index (χ2v) is 6.09. The second kappa shape index (κ2) is 5.44. The number of phenolic OH excluding ortho intramolecular Hbond substituents is 1. The Morgan fingerprint density at radius 3 is 2.25 bits per heavy atom. The Kier molecular flexibility index (Phi) is 3.66. The molecule has 1 spiro atoms. The molecule has 0 aromatic heterocycles. The van der Waals surface area contributed by atoms with E-state index < -0.39 is 0 Å². The van der Waals surface area contributed by atoms with Crippen molar-refractivity contribution in [2.75, 3.05) is 26.2 Å². The molecule has 0 atom stereocenters. The summed E-state index contributed by atoms with van der Waals surface area (Å²) in [6.07, 6.45) is 4.74. The number of amides is 1. The van der Waals surface area contributed by atoms with Gasteiger partial charge in [0.15, 0.2) is 0 Å². The number of hydrogen-bond acceptors (Lipinski definition) is 3. The average Bonchev–Trinajstić information content (AvgIpc) is 2.49. The lowest BCUT2D eigenvalue weighted by Gasteiger charge is -2.44. The summed E-state index contributed by atoms with van der Waals surface area (Å²) < 4.78 is 0. The molecule has 3 rings (SSSR count). The molecule has 2 aliphatic rings. The van der Waals surface area contributed by atoms with E-state index in [9.17, 15) is 9.90 Å². The molecule has 2 fully saturated rings. The monoisotopic (exact) mass is 274 g/mol. The summed E-state index contributed by atoms with van der Waals surface area (Å²) >= 11 is 0. The van der Waals surface area contributed by atoms with Crippen LogP contribution in [0.15, 0.2) is 24.3 Å². The Morgan fingerprint density at radius 1 is 1.05 bits per heavy atom. The van der Waals surface area contributed by atoms with Gasteiger partial charge >= 0.3 is 0 Å². The Hall–Kier alpha value is -1.55. The van der Waals surface area contributed by atoms with Crippen LogP contribution in [-0.4, -0.2) is 42.1 Å². The van der Waals surface area contributed by atoms with Crippen LogP contribution >= 0.6 is 0 Å². The van der Waals surface area contributed by atoms with Gasteiger partial charge in [-0.3, -0.25) is 4.79 Å². The van der Waals surface area contributed by atoms with Crippen LogP contribution < -0.4 is 5.32 Å². The maximum absolute atomic E-state index is 12.4. The summed E-state index contributed by atoms with van der Waals surface area (Å²) in [5.41, 5.74) is 1.14. The number of benzene rings is 1. The topological polar surface area (TPSA) is 52.6 Å². The van der Waals surface area contributed by atoms with E-state index in [0.717, 1.165) is 39.0 Å².